The Morgan fingerprint density at radius 1 is 1.39 bits per heavy atom. The molecule has 0 saturated heterocycles. The van der Waals surface area contributed by atoms with Crippen molar-refractivity contribution in [3.05, 3.63) is 11.9 Å². The Morgan fingerprint density at radius 2 is 2.06 bits per heavy atom. The minimum absolute atomic E-state index is 0.147. The van der Waals surface area contributed by atoms with Crippen molar-refractivity contribution >= 4 is 0 Å². The van der Waals surface area contributed by atoms with Crippen molar-refractivity contribution in [2.24, 2.45) is 5.41 Å². The molecule has 18 heavy (non-hydrogen) atoms. The van der Waals surface area contributed by atoms with Crippen molar-refractivity contribution in [3.63, 3.8) is 0 Å². The van der Waals surface area contributed by atoms with Crippen LogP contribution in [0.3, 0.4) is 0 Å². The molecular weight excluding hydrogens is 228 g/mol. The van der Waals surface area contributed by atoms with E-state index in [1.165, 1.54) is 6.42 Å². The molecule has 0 spiro atoms. The van der Waals surface area contributed by atoms with Crippen molar-refractivity contribution in [3.8, 4) is 5.75 Å². The standard InChI is InChI=1S/C14H24N2O2/c1-5-16-12(11(18-4)10-15-16)14(17)9-7-6-8-13(14,2)3/h10,17H,5-9H2,1-4H3. The van der Waals surface area contributed by atoms with Crippen LogP contribution in [-0.4, -0.2) is 22.0 Å². The zero-order valence-electron chi connectivity index (χ0n) is 11.9. The number of methoxy groups -OCH3 is 1. The maximum absolute atomic E-state index is 11.2. The highest BCUT2D eigenvalue weighted by molar-refractivity contribution is 5.33. The maximum Gasteiger partial charge on any atom is 0.162 e. The Morgan fingerprint density at radius 3 is 2.61 bits per heavy atom. The fourth-order valence-electron chi connectivity index (χ4n) is 3.11. The summed E-state index contributed by atoms with van der Waals surface area (Å²) in [6.45, 7) is 7.06. The molecule has 1 aromatic rings. The van der Waals surface area contributed by atoms with E-state index in [9.17, 15) is 5.11 Å². The number of rotatable bonds is 3. The molecule has 1 unspecified atom stereocenters. The molecule has 1 aliphatic rings. The summed E-state index contributed by atoms with van der Waals surface area (Å²) in [7, 11) is 1.64. The normalized spacial score (nSPS) is 27.2. The van der Waals surface area contributed by atoms with Gasteiger partial charge in [0.05, 0.1) is 13.3 Å². The molecule has 1 aromatic heterocycles. The first-order valence-corrected chi connectivity index (χ1v) is 6.79. The zero-order chi connectivity index (χ0) is 13.4. The Hall–Kier alpha value is -1.03. The molecule has 4 heteroatoms. The highest BCUT2D eigenvalue weighted by Gasteiger charge is 2.50. The lowest BCUT2D eigenvalue weighted by molar-refractivity contribution is -0.110. The van der Waals surface area contributed by atoms with Crippen molar-refractivity contribution in [2.75, 3.05) is 7.11 Å². The minimum atomic E-state index is -0.844. The van der Waals surface area contributed by atoms with E-state index in [2.05, 4.69) is 18.9 Å². The van der Waals surface area contributed by atoms with E-state index >= 15 is 0 Å². The van der Waals surface area contributed by atoms with Gasteiger partial charge in [0.25, 0.3) is 0 Å². The molecule has 1 N–H and O–H groups in total. The third kappa shape index (κ3) is 1.83. The second kappa shape index (κ2) is 4.57. The molecule has 2 rings (SSSR count). The predicted molar refractivity (Wildman–Crippen MR) is 70.6 cm³/mol. The van der Waals surface area contributed by atoms with Crippen molar-refractivity contribution in [2.45, 2.75) is 58.6 Å². The topological polar surface area (TPSA) is 47.3 Å². The zero-order valence-corrected chi connectivity index (χ0v) is 11.9. The van der Waals surface area contributed by atoms with Crippen LogP contribution < -0.4 is 4.74 Å². The number of ether oxygens (including phenoxy) is 1. The Bertz CT molecular complexity index is 404. The van der Waals surface area contributed by atoms with Gasteiger partial charge in [-0.1, -0.05) is 26.7 Å². The molecule has 1 atom stereocenters. The minimum Gasteiger partial charge on any atom is -0.493 e. The number of aromatic nitrogens is 2. The van der Waals surface area contributed by atoms with Crippen molar-refractivity contribution in [1.29, 1.82) is 0 Å². The third-order valence-electron chi connectivity index (χ3n) is 4.43. The van der Waals surface area contributed by atoms with Gasteiger partial charge in [0.1, 0.15) is 11.3 Å². The van der Waals surface area contributed by atoms with E-state index in [-0.39, 0.29) is 5.41 Å². The summed E-state index contributed by atoms with van der Waals surface area (Å²) in [4.78, 5) is 0. The molecule has 1 saturated carbocycles. The van der Waals surface area contributed by atoms with Crippen LogP contribution in [-0.2, 0) is 12.1 Å². The van der Waals surface area contributed by atoms with Gasteiger partial charge in [-0.05, 0) is 25.2 Å². The molecule has 0 aliphatic heterocycles. The van der Waals surface area contributed by atoms with Crippen LogP contribution in [0.25, 0.3) is 0 Å². The summed E-state index contributed by atoms with van der Waals surface area (Å²) in [5.74, 6) is 0.703. The Kier molecular flexibility index (Phi) is 3.41. The average Bonchev–Trinajstić information content (AvgIpc) is 2.76. The summed E-state index contributed by atoms with van der Waals surface area (Å²) in [5, 5.41) is 15.6. The van der Waals surface area contributed by atoms with Crippen LogP contribution in [0, 0.1) is 5.41 Å². The van der Waals surface area contributed by atoms with Gasteiger partial charge >= 0.3 is 0 Å². The van der Waals surface area contributed by atoms with Gasteiger partial charge in [0.2, 0.25) is 0 Å². The van der Waals surface area contributed by atoms with Gasteiger partial charge in [0.15, 0.2) is 5.75 Å². The lowest BCUT2D eigenvalue weighted by Crippen LogP contribution is -2.46. The van der Waals surface area contributed by atoms with Gasteiger partial charge < -0.3 is 9.84 Å². The first kappa shape index (κ1) is 13.4. The van der Waals surface area contributed by atoms with Gasteiger partial charge in [-0.3, -0.25) is 4.68 Å². The predicted octanol–water partition coefficient (Wildman–Crippen LogP) is 2.70. The van der Waals surface area contributed by atoms with E-state index in [0.29, 0.717) is 5.75 Å². The molecule has 1 heterocycles. The SMILES string of the molecule is CCn1ncc(OC)c1C1(O)CCCCC1(C)C. The summed E-state index contributed by atoms with van der Waals surface area (Å²) in [6, 6.07) is 0. The highest BCUT2D eigenvalue weighted by Crippen LogP contribution is 2.52. The molecule has 102 valence electrons. The molecule has 4 nitrogen and oxygen atoms in total. The van der Waals surface area contributed by atoms with Gasteiger partial charge in [-0.2, -0.15) is 5.10 Å². The van der Waals surface area contributed by atoms with Crippen LogP contribution in [0.5, 0.6) is 5.75 Å². The van der Waals surface area contributed by atoms with E-state index in [0.717, 1.165) is 31.5 Å². The van der Waals surface area contributed by atoms with Gasteiger partial charge in [-0.25, -0.2) is 0 Å². The monoisotopic (exact) mass is 252 g/mol. The van der Waals surface area contributed by atoms with Crippen LogP contribution in [0.15, 0.2) is 6.20 Å². The van der Waals surface area contributed by atoms with E-state index in [4.69, 9.17) is 4.74 Å². The van der Waals surface area contributed by atoms with Gasteiger partial charge in [-0.15, -0.1) is 0 Å². The van der Waals surface area contributed by atoms with E-state index < -0.39 is 5.60 Å². The summed E-state index contributed by atoms with van der Waals surface area (Å²) in [5.41, 5.74) is -0.147. The number of nitrogens with zero attached hydrogens (tertiary/aromatic N) is 2. The molecule has 0 amide bonds. The highest BCUT2D eigenvalue weighted by atomic mass is 16.5. The number of aliphatic hydroxyl groups is 1. The average molecular weight is 252 g/mol. The van der Waals surface area contributed by atoms with Crippen LogP contribution >= 0.6 is 0 Å². The first-order chi connectivity index (χ1) is 8.46. The third-order valence-corrected chi connectivity index (χ3v) is 4.43. The van der Waals surface area contributed by atoms with Crippen LogP contribution in [0.1, 0.15) is 52.1 Å². The largest absolute Gasteiger partial charge is 0.493 e. The van der Waals surface area contributed by atoms with Crippen molar-refractivity contribution < 1.29 is 9.84 Å². The molecule has 1 aliphatic carbocycles. The lowest BCUT2D eigenvalue weighted by Gasteiger charge is -2.46. The lowest BCUT2D eigenvalue weighted by atomic mass is 9.64. The second-order valence-electron chi connectivity index (χ2n) is 5.83. The molecule has 0 bridgehead atoms. The summed E-state index contributed by atoms with van der Waals surface area (Å²) in [6.07, 6.45) is 5.75. The number of hydrogen-bond acceptors (Lipinski definition) is 3. The Labute approximate surface area is 109 Å². The van der Waals surface area contributed by atoms with E-state index in [1.54, 1.807) is 13.3 Å². The van der Waals surface area contributed by atoms with Gasteiger partial charge in [0, 0.05) is 6.54 Å². The van der Waals surface area contributed by atoms with E-state index in [1.807, 2.05) is 11.6 Å². The number of aryl methyl sites for hydroxylation is 1. The first-order valence-electron chi connectivity index (χ1n) is 6.79. The van der Waals surface area contributed by atoms with Crippen LogP contribution in [0.2, 0.25) is 0 Å². The smallest absolute Gasteiger partial charge is 0.162 e. The molecule has 1 fully saturated rings. The fourth-order valence-corrected chi connectivity index (χ4v) is 3.11. The van der Waals surface area contributed by atoms with Crippen molar-refractivity contribution in [1.82, 2.24) is 9.78 Å². The van der Waals surface area contributed by atoms with Crippen LogP contribution in [0.4, 0.5) is 0 Å². The maximum atomic E-state index is 11.2. The molecule has 0 aromatic carbocycles. The quantitative estimate of drug-likeness (QED) is 0.899. The number of hydrogen-bond donors (Lipinski definition) is 1. The molecular formula is C14H24N2O2. The summed E-state index contributed by atoms with van der Waals surface area (Å²) >= 11 is 0. The second-order valence-corrected chi connectivity index (χ2v) is 5.83. The fraction of sp³-hybridized carbons (Fsp3) is 0.786. The Balaban J connectivity index is 2.54. The molecule has 0 radical (unpaired) electrons. The summed E-state index contributed by atoms with van der Waals surface area (Å²) < 4.78 is 7.26.